The maximum absolute atomic E-state index is 13.4. The highest BCUT2D eigenvalue weighted by Crippen LogP contribution is 2.25. The molecule has 0 saturated carbocycles. The minimum absolute atomic E-state index is 0.00420. The first-order valence-corrected chi connectivity index (χ1v) is 13.2. The standard InChI is InChI=1S/C23H29Cl2N3O5S/c1-5-12-26-23(30)16(2)27(14-17-6-7-18(24)13-21(17)25)22(29)15-28(34(4,31)32)19-8-10-20(33-3)11-9-19/h6-11,13,16H,5,12,14-15H2,1-4H3,(H,26,30). The molecule has 0 aliphatic heterocycles. The van der Waals surface area contributed by atoms with Crippen LogP contribution in [0.2, 0.25) is 10.0 Å². The van der Waals surface area contributed by atoms with E-state index in [1.165, 1.54) is 12.0 Å². The van der Waals surface area contributed by atoms with Crippen LogP contribution in [-0.2, 0) is 26.2 Å². The second-order valence-electron chi connectivity index (χ2n) is 7.69. The second-order valence-corrected chi connectivity index (χ2v) is 10.4. The number of carbonyl (C=O) groups excluding carboxylic acids is 2. The van der Waals surface area contributed by atoms with E-state index in [0.29, 0.717) is 33.6 Å². The molecular weight excluding hydrogens is 501 g/mol. The van der Waals surface area contributed by atoms with Crippen LogP contribution < -0.4 is 14.4 Å². The van der Waals surface area contributed by atoms with E-state index < -0.39 is 28.5 Å². The van der Waals surface area contributed by atoms with E-state index >= 15 is 0 Å². The maximum Gasteiger partial charge on any atom is 0.244 e. The number of sulfonamides is 1. The Bertz CT molecular complexity index is 1110. The molecule has 0 saturated heterocycles. The largest absolute Gasteiger partial charge is 0.497 e. The Kier molecular flexibility index (Phi) is 10.0. The van der Waals surface area contributed by atoms with Crippen molar-refractivity contribution in [2.75, 3.05) is 30.8 Å². The highest BCUT2D eigenvalue weighted by atomic mass is 35.5. The normalized spacial score (nSPS) is 12.1. The van der Waals surface area contributed by atoms with Gasteiger partial charge in [-0.25, -0.2) is 8.42 Å². The van der Waals surface area contributed by atoms with Crippen molar-refractivity contribution in [2.45, 2.75) is 32.9 Å². The van der Waals surface area contributed by atoms with E-state index in [-0.39, 0.29) is 12.5 Å². The first-order valence-electron chi connectivity index (χ1n) is 10.6. The Morgan fingerprint density at radius 2 is 1.76 bits per heavy atom. The van der Waals surface area contributed by atoms with Gasteiger partial charge in [-0.3, -0.25) is 13.9 Å². The number of amides is 2. The topological polar surface area (TPSA) is 96.0 Å². The fraction of sp³-hybridized carbons (Fsp3) is 0.391. The van der Waals surface area contributed by atoms with Crippen molar-refractivity contribution < 1.29 is 22.7 Å². The van der Waals surface area contributed by atoms with Crippen LogP contribution in [-0.4, -0.2) is 57.6 Å². The molecule has 1 atom stereocenters. The van der Waals surface area contributed by atoms with Gasteiger partial charge < -0.3 is 15.0 Å². The Morgan fingerprint density at radius 1 is 1.12 bits per heavy atom. The third-order valence-electron chi connectivity index (χ3n) is 5.11. The fourth-order valence-corrected chi connectivity index (χ4v) is 4.49. The average molecular weight is 530 g/mol. The number of nitrogens with one attached hydrogen (secondary N) is 1. The molecule has 186 valence electrons. The zero-order valence-corrected chi connectivity index (χ0v) is 21.9. The van der Waals surface area contributed by atoms with Crippen molar-refractivity contribution in [1.29, 1.82) is 0 Å². The molecule has 1 N–H and O–H groups in total. The predicted octanol–water partition coefficient (Wildman–Crippen LogP) is 3.71. The van der Waals surface area contributed by atoms with Gasteiger partial charge in [-0.2, -0.15) is 0 Å². The van der Waals surface area contributed by atoms with Crippen molar-refractivity contribution in [3.8, 4) is 5.75 Å². The van der Waals surface area contributed by atoms with E-state index in [1.807, 2.05) is 6.92 Å². The Labute approximate surface area is 210 Å². The molecule has 2 rings (SSSR count). The Hall–Kier alpha value is -2.49. The summed E-state index contributed by atoms with van der Waals surface area (Å²) in [5, 5.41) is 3.54. The summed E-state index contributed by atoms with van der Waals surface area (Å²) < 4.78 is 31.2. The van der Waals surface area contributed by atoms with Crippen molar-refractivity contribution >= 4 is 50.7 Å². The zero-order valence-electron chi connectivity index (χ0n) is 19.5. The van der Waals surface area contributed by atoms with Gasteiger partial charge in [0.25, 0.3) is 0 Å². The van der Waals surface area contributed by atoms with Crippen LogP contribution in [0, 0.1) is 0 Å². The molecule has 2 aromatic rings. The quantitative estimate of drug-likeness (QED) is 0.478. The molecule has 0 bridgehead atoms. The van der Waals surface area contributed by atoms with Crippen molar-refractivity contribution in [3.05, 3.63) is 58.1 Å². The lowest BCUT2D eigenvalue weighted by atomic mass is 10.1. The number of hydrogen-bond donors (Lipinski definition) is 1. The third kappa shape index (κ3) is 7.51. The van der Waals surface area contributed by atoms with Crippen molar-refractivity contribution in [1.82, 2.24) is 10.2 Å². The molecule has 8 nitrogen and oxygen atoms in total. The molecule has 0 spiro atoms. The molecule has 1 unspecified atom stereocenters. The van der Waals surface area contributed by atoms with Crippen LogP contribution in [0.25, 0.3) is 0 Å². The van der Waals surface area contributed by atoms with E-state index in [4.69, 9.17) is 27.9 Å². The summed E-state index contributed by atoms with van der Waals surface area (Å²) in [6, 6.07) is 10.3. The smallest absolute Gasteiger partial charge is 0.244 e. The first kappa shape index (κ1) is 27.8. The zero-order chi connectivity index (χ0) is 25.5. The summed E-state index contributed by atoms with van der Waals surface area (Å²) in [5.74, 6) is -0.370. The maximum atomic E-state index is 13.4. The summed E-state index contributed by atoms with van der Waals surface area (Å²) >= 11 is 12.3. The lowest BCUT2D eigenvalue weighted by molar-refractivity contribution is -0.139. The molecule has 2 aromatic carbocycles. The second kappa shape index (κ2) is 12.3. The third-order valence-corrected chi connectivity index (χ3v) is 6.84. The number of anilines is 1. The van der Waals surface area contributed by atoms with E-state index in [9.17, 15) is 18.0 Å². The monoisotopic (exact) mass is 529 g/mol. The summed E-state index contributed by atoms with van der Waals surface area (Å²) in [4.78, 5) is 27.4. The molecule has 0 heterocycles. The Balaban J connectivity index is 2.39. The number of methoxy groups -OCH3 is 1. The Morgan fingerprint density at radius 3 is 2.29 bits per heavy atom. The van der Waals surface area contributed by atoms with Crippen LogP contribution in [0.15, 0.2) is 42.5 Å². The van der Waals surface area contributed by atoms with Crippen LogP contribution in [0.3, 0.4) is 0 Å². The highest BCUT2D eigenvalue weighted by molar-refractivity contribution is 7.92. The number of halogens is 2. The summed E-state index contributed by atoms with van der Waals surface area (Å²) in [6.07, 6.45) is 1.75. The van der Waals surface area contributed by atoms with Crippen molar-refractivity contribution in [2.24, 2.45) is 0 Å². The lowest BCUT2D eigenvalue weighted by Crippen LogP contribution is -2.51. The van der Waals surface area contributed by atoms with E-state index in [0.717, 1.165) is 17.0 Å². The summed E-state index contributed by atoms with van der Waals surface area (Å²) in [5.41, 5.74) is 0.870. The fourth-order valence-electron chi connectivity index (χ4n) is 3.17. The molecule has 0 aromatic heterocycles. The van der Waals surface area contributed by atoms with Crippen molar-refractivity contribution in [3.63, 3.8) is 0 Å². The van der Waals surface area contributed by atoms with Gasteiger partial charge in [0, 0.05) is 23.1 Å². The first-order chi connectivity index (χ1) is 16.0. The molecule has 0 radical (unpaired) electrons. The molecule has 0 fully saturated rings. The molecular formula is C23H29Cl2N3O5S. The number of rotatable bonds is 11. The van der Waals surface area contributed by atoms with Crippen LogP contribution in [0.4, 0.5) is 5.69 Å². The average Bonchev–Trinajstić information content (AvgIpc) is 2.79. The van der Waals surface area contributed by atoms with Gasteiger partial charge in [0.15, 0.2) is 0 Å². The van der Waals surface area contributed by atoms with Gasteiger partial charge in [0.1, 0.15) is 18.3 Å². The van der Waals surface area contributed by atoms with Crippen LogP contribution >= 0.6 is 23.2 Å². The SMILES string of the molecule is CCCNC(=O)C(C)N(Cc1ccc(Cl)cc1Cl)C(=O)CN(c1ccc(OC)cc1)S(C)(=O)=O. The van der Waals surface area contributed by atoms with Gasteiger partial charge in [-0.1, -0.05) is 36.2 Å². The van der Waals surface area contributed by atoms with E-state index in [2.05, 4.69) is 5.32 Å². The number of carbonyl (C=O) groups is 2. The van der Waals surface area contributed by atoms with Crippen LogP contribution in [0.1, 0.15) is 25.8 Å². The van der Waals surface area contributed by atoms with Gasteiger partial charge in [-0.05, 0) is 55.3 Å². The summed E-state index contributed by atoms with van der Waals surface area (Å²) in [6.45, 7) is 3.46. The van der Waals surface area contributed by atoms with Gasteiger partial charge in [-0.15, -0.1) is 0 Å². The number of ether oxygens (including phenoxy) is 1. The molecule has 2 amide bonds. The molecule has 0 aliphatic carbocycles. The molecule has 11 heteroatoms. The summed E-state index contributed by atoms with van der Waals surface area (Å²) in [7, 11) is -2.31. The van der Waals surface area contributed by atoms with Crippen LogP contribution in [0.5, 0.6) is 5.75 Å². The van der Waals surface area contributed by atoms with E-state index in [1.54, 1.807) is 49.4 Å². The van der Waals surface area contributed by atoms with Gasteiger partial charge in [0.2, 0.25) is 21.8 Å². The predicted molar refractivity (Wildman–Crippen MR) is 135 cm³/mol. The number of nitrogens with zero attached hydrogens (tertiary/aromatic N) is 2. The minimum Gasteiger partial charge on any atom is -0.497 e. The lowest BCUT2D eigenvalue weighted by Gasteiger charge is -2.31. The minimum atomic E-state index is -3.81. The molecule has 0 aliphatic rings. The highest BCUT2D eigenvalue weighted by Gasteiger charge is 2.30. The molecule has 34 heavy (non-hydrogen) atoms. The van der Waals surface area contributed by atoms with Gasteiger partial charge >= 0.3 is 0 Å². The van der Waals surface area contributed by atoms with Gasteiger partial charge in [0.05, 0.1) is 19.1 Å². The number of benzene rings is 2. The number of hydrogen-bond acceptors (Lipinski definition) is 5.